The van der Waals surface area contributed by atoms with Gasteiger partial charge in [0.05, 0.1) is 0 Å². The highest BCUT2D eigenvalue weighted by Gasteiger charge is 1.94. The van der Waals surface area contributed by atoms with Crippen LogP contribution in [0.2, 0.25) is 0 Å². The number of hydrogen-bond donors (Lipinski definition) is 1. The normalized spacial score (nSPS) is 10.7. The maximum atomic E-state index is 8.19. The predicted octanol–water partition coefficient (Wildman–Crippen LogP) is 0.902. The van der Waals surface area contributed by atoms with Gasteiger partial charge in [-0.15, -0.1) is 0 Å². The van der Waals surface area contributed by atoms with E-state index in [0.717, 1.165) is 11.4 Å². The highest BCUT2D eigenvalue weighted by atomic mass is 16.4. The van der Waals surface area contributed by atoms with Crippen molar-refractivity contribution in [2.75, 3.05) is 0 Å². The fourth-order valence-electron chi connectivity index (χ4n) is 0.863. The second kappa shape index (κ2) is 3.09. The molecule has 1 N–H and O–H groups in total. The number of aryl methyl sites for hydroxylation is 2. The Balaban J connectivity index is 3.08. The van der Waals surface area contributed by atoms with Gasteiger partial charge in [0, 0.05) is 11.4 Å². The van der Waals surface area contributed by atoms with Crippen molar-refractivity contribution in [2.45, 2.75) is 13.8 Å². The maximum Gasteiger partial charge on any atom is 0.174 e. The monoisotopic (exact) mass is 151 g/mol. The topological polar surface area (TPSA) is 58.4 Å². The van der Waals surface area contributed by atoms with Gasteiger partial charge in [0.25, 0.3) is 0 Å². The van der Waals surface area contributed by atoms with Crippen LogP contribution in [-0.4, -0.2) is 21.4 Å². The van der Waals surface area contributed by atoms with E-state index in [1.807, 2.05) is 19.9 Å². The van der Waals surface area contributed by atoms with Crippen LogP contribution in [0.1, 0.15) is 17.2 Å². The van der Waals surface area contributed by atoms with Gasteiger partial charge in [0.15, 0.2) is 5.82 Å². The third-order valence-electron chi connectivity index (χ3n) is 1.17. The first kappa shape index (κ1) is 7.65. The second-order valence-electron chi connectivity index (χ2n) is 2.25. The van der Waals surface area contributed by atoms with Crippen LogP contribution in [0, 0.1) is 13.8 Å². The molecular formula is C7H9N3O. The van der Waals surface area contributed by atoms with Crippen LogP contribution in [0.5, 0.6) is 0 Å². The van der Waals surface area contributed by atoms with Crippen molar-refractivity contribution in [3.05, 3.63) is 23.3 Å². The van der Waals surface area contributed by atoms with E-state index in [-0.39, 0.29) is 0 Å². The zero-order valence-electron chi connectivity index (χ0n) is 6.44. The van der Waals surface area contributed by atoms with E-state index >= 15 is 0 Å². The highest BCUT2D eigenvalue weighted by Crippen LogP contribution is 1.96. The Hall–Kier alpha value is -1.45. The molecule has 1 heterocycles. The Morgan fingerprint density at radius 2 is 1.91 bits per heavy atom. The van der Waals surface area contributed by atoms with E-state index < -0.39 is 0 Å². The molecule has 0 aromatic carbocycles. The smallest absolute Gasteiger partial charge is 0.174 e. The molecule has 0 radical (unpaired) electrons. The molecule has 1 aromatic rings. The standard InChI is InChI=1S/C7H9N3O/c1-5-3-6(2)10-7(9-5)4-8-11/h3-4,11H,1-2H3/b8-4+. The van der Waals surface area contributed by atoms with Crippen LogP contribution in [0.25, 0.3) is 0 Å². The van der Waals surface area contributed by atoms with Crippen molar-refractivity contribution in [3.8, 4) is 0 Å². The first-order valence-electron chi connectivity index (χ1n) is 3.22. The zero-order valence-corrected chi connectivity index (χ0v) is 6.44. The van der Waals surface area contributed by atoms with Gasteiger partial charge >= 0.3 is 0 Å². The summed E-state index contributed by atoms with van der Waals surface area (Å²) in [6.45, 7) is 3.73. The molecule has 0 amide bonds. The van der Waals surface area contributed by atoms with E-state index in [1.54, 1.807) is 0 Å². The van der Waals surface area contributed by atoms with Gasteiger partial charge in [-0.3, -0.25) is 0 Å². The van der Waals surface area contributed by atoms with Crippen molar-refractivity contribution in [1.82, 2.24) is 9.97 Å². The fourth-order valence-corrected chi connectivity index (χ4v) is 0.863. The Morgan fingerprint density at radius 1 is 1.36 bits per heavy atom. The van der Waals surface area contributed by atoms with E-state index in [9.17, 15) is 0 Å². The molecule has 0 unspecified atom stereocenters. The summed E-state index contributed by atoms with van der Waals surface area (Å²) >= 11 is 0. The summed E-state index contributed by atoms with van der Waals surface area (Å²) in [6, 6.07) is 1.86. The summed E-state index contributed by atoms with van der Waals surface area (Å²) in [4.78, 5) is 8.01. The molecule has 4 heteroatoms. The number of hydrogen-bond acceptors (Lipinski definition) is 4. The van der Waals surface area contributed by atoms with Crippen LogP contribution in [0.3, 0.4) is 0 Å². The van der Waals surface area contributed by atoms with Gasteiger partial charge in [-0.1, -0.05) is 5.16 Å². The van der Waals surface area contributed by atoms with Gasteiger partial charge in [-0.2, -0.15) is 0 Å². The Labute approximate surface area is 64.6 Å². The second-order valence-corrected chi connectivity index (χ2v) is 2.25. The highest BCUT2D eigenvalue weighted by molar-refractivity contribution is 5.73. The molecule has 0 spiro atoms. The molecule has 0 aliphatic heterocycles. The summed E-state index contributed by atoms with van der Waals surface area (Å²) in [5.74, 6) is 0.435. The summed E-state index contributed by atoms with van der Waals surface area (Å²) in [7, 11) is 0. The Kier molecular flexibility index (Phi) is 2.15. The number of aromatic nitrogens is 2. The molecule has 0 aliphatic rings. The van der Waals surface area contributed by atoms with Crippen molar-refractivity contribution < 1.29 is 5.21 Å². The SMILES string of the molecule is Cc1cc(C)nc(/C=N/O)n1. The summed E-state index contributed by atoms with van der Waals surface area (Å²) in [5.41, 5.74) is 1.74. The lowest BCUT2D eigenvalue weighted by Crippen LogP contribution is -1.97. The summed E-state index contributed by atoms with van der Waals surface area (Å²) < 4.78 is 0. The lowest BCUT2D eigenvalue weighted by Gasteiger charge is -1.95. The molecule has 0 saturated carbocycles. The molecule has 0 saturated heterocycles. The molecule has 1 aromatic heterocycles. The van der Waals surface area contributed by atoms with Crippen LogP contribution in [0.4, 0.5) is 0 Å². The van der Waals surface area contributed by atoms with E-state index in [4.69, 9.17) is 5.21 Å². The van der Waals surface area contributed by atoms with Crippen LogP contribution in [-0.2, 0) is 0 Å². The van der Waals surface area contributed by atoms with Crippen LogP contribution in [0.15, 0.2) is 11.2 Å². The fraction of sp³-hybridized carbons (Fsp3) is 0.286. The van der Waals surface area contributed by atoms with Gasteiger partial charge in [-0.25, -0.2) is 9.97 Å². The van der Waals surface area contributed by atoms with Gasteiger partial charge in [-0.05, 0) is 19.9 Å². The van der Waals surface area contributed by atoms with E-state index in [2.05, 4.69) is 15.1 Å². The quantitative estimate of drug-likeness (QED) is 0.368. The third kappa shape index (κ3) is 2.00. The number of nitrogens with zero attached hydrogens (tertiary/aromatic N) is 3. The molecular weight excluding hydrogens is 142 g/mol. The van der Waals surface area contributed by atoms with Crippen molar-refractivity contribution in [2.24, 2.45) is 5.16 Å². The zero-order chi connectivity index (χ0) is 8.27. The maximum absolute atomic E-state index is 8.19. The molecule has 0 aliphatic carbocycles. The van der Waals surface area contributed by atoms with Gasteiger partial charge < -0.3 is 5.21 Å². The summed E-state index contributed by atoms with van der Waals surface area (Å²) in [6.07, 6.45) is 1.21. The average Bonchev–Trinajstić information content (AvgIpc) is 1.85. The molecule has 11 heavy (non-hydrogen) atoms. The molecule has 0 fully saturated rings. The minimum Gasteiger partial charge on any atom is -0.411 e. The van der Waals surface area contributed by atoms with E-state index in [0.29, 0.717) is 5.82 Å². The number of rotatable bonds is 1. The van der Waals surface area contributed by atoms with Crippen molar-refractivity contribution >= 4 is 6.21 Å². The van der Waals surface area contributed by atoms with Crippen LogP contribution >= 0.6 is 0 Å². The Bertz CT molecular complexity index is 263. The lowest BCUT2D eigenvalue weighted by atomic mass is 10.3. The summed E-state index contributed by atoms with van der Waals surface area (Å²) in [5, 5.41) is 11.0. The first-order chi connectivity index (χ1) is 5.22. The lowest BCUT2D eigenvalue weighted by molar-refractivity contribution is 0.321. The number of oxime groups is 1. The van der Waals surface area contributed by atoms with Gasteiger partial charge in [0.1, 0.15) is 6.21 Å². The largest absolute Gasteiger partial charge is 0.411 e. The van der Waals surface area contributed by atoms with Gasteiger partial charge in [0.2, 0.25) is 0 Å². The molecule has 1 rings (SSSR count). The molecule has 4 nitrogen and oxygen atoms in total. The van der Waals surface area contributed by atoms with E-state index in [1.165, 1.54) is 6.21 Å². The molecule has 0 bridgehead atoms. The van der Waals surface area contributed by atoms with Crippen LogP contribution < -0.4 is 0 Å². The minimum atomic E-state index is 0.435. The Morgan fingerprint density at radius 3 is 2.36 bits per heavy atom. The van der Waals surface area contributed by atoms with Crippen molar-refractivity contribution in [1.29, 1.82) is 0 Å². The molecule has 58 valence electrons. The molecule has 0 atom stereocenters. The average molecular weight is 151 g/mol. The van der Waals surface area contributed by atoms with Crippen molar-refractivity contribution in [3.63, 3.8) is 0 Å². The first-order valence-corrected chi connectivity index (χ1v) is 3.22. The predicted molar refractivity (Wildman–Crippen MR) is 40.9 cm³/mol. The third-order valence-corrected chi connectivity index (χ3v) is 1.17. The minimum absolute atomic E-state index is 0.435.